The van der Waals surface area contributed by atoms with Gasteiger partial charge in [-0.3, -0.25) is 4.90 Å². The van der Waals surface area contributed by atoms with Crippen molar-refractivity contribution < 1.29 is 14.3 Å². The molecule has 5 nitrogen and oxygen atoms in total. The minimum atomic E-state index is -0.402. The summed E-state index contributed by atoms with van der Waals surface area (Å²) in [7, 11) is 0. The highest BCUT2D eigenvalue weighted by molar-refractivity contribution is 5.86. The second kappa shape index (κ2) is 7.83. The molecule has 0 bridgehead atoms. The summed E-state index contributed by atoms with van der Waals surface area (Å²) in [5.74, 6) is 0.192. The Morgan fingerprint density at radius 2 is 2.04 bits per heavy atom. The molecule has 0 spiro atoms. The van der Waals surface area contributed by atoms with Gasteiger partial charge in [-0.15, -0.1) is 19.0 Å². The van der Waals surface area contributed by atoms with Crippen molar-refractivity contribution in [1.29, 1.82) is 0 Å². The van der Waals surface area contributed by atoms with Crippen molar-refractivity contribution in [3.63, 3.8) is 0 Å². The van der Waals surface area contributed by atoms with E-state index in [4.69, 9.17) is 9.15 Å². The number of aryl methyl sites for hydroxylation is 1. The van der Waals surface area contributed by atoms with E-state index in [9.17, 15) is 9.90 Å². The summed E-state index contributed by atoms with van der Waals surface area (Å²) in [5, 5.41) is 11.5. The van der Waals surface area contributed by atoms with Crippen molar-refractivity contribution in [2.24, 2.45) is 0 Å². The molecule has 0 atom stereocenters. The lowest BCUT2D eigenvalue weighted by Crippen LogP contribution is -2.35. The van der Waals surface area contributed by atoms with Crippen LogP contribution >= 0.6 is 12.4 Å². The Kier molecular flexibility index (Phi) is 6.04. The second-order valence-electron chi connectivity index (χ2n) is 5.87. The molecule has 1 N–H and O–H groups in total. The summed E-state index contributed by atoms with van der Waals surface area (Å²) in [6.07, 6.45) is 2.15. The van der Waals surface area contributed by atoms with Crippen molar-refractivity contribution in [2.75, 3.05) is 26.3 Å². The number of nitrogens with zero attached hydrogens (tertiary/aromatic N) is 1. The molecule has 2 heterocycles. The summed E-state index contributed by atoms with van der Waals surface area (Å²) in [5.41, 5.74) is 2.37. The number of ether oxygens (including phenoxy) is 1. The van der Waals surface area contributed by atoms with Gasteiger partial charge in [-0.25, -0.2) is 4.79 Å². The second-order valence-corrected chi connectivity index (χ2v) is 5.87. The quantitative estimate of drug-likeness (QED) is 0.678. The molecule has 130 valence electrons. The number of allylic oxidation sites excluding steroid dienone is 1. The molecule has 1 saturated heterocycles. The Bertz CT molecular complexity index is 794. The maximum atomic E-state index is 11.7. The van der Waals surface area contributed by atoms with E-state index in [2.05, 4.69) is 11.5 Å². The van der Waals surface area contributed by atoms with Gasteiger partial charge in [0.05, 0.1) is 13.2 Å². The van der Waals surface area contributed by atoms with Crippen LogP contribution in [-0.4, -0.2) is 36.3 Å². The summed E-state index contributed by atoms with van der Waals surface area (Å²) >= 11 is 0. The minimum absolute atomic E-state index is 0. The highest BCUT2D eigenvalue weighted by atomic mass is 35.5. The lowest BCUT2D eigenvalue weighted by Gasteiger charge is -2.27. The van der Waals surface area contributed by atoms with Crippen LogP contribution in [0.5, 0.6) is 5.75 Å². The number of aromatic hydroxyl groups is 1. The van der Waals surface area contributed by atoms with E-state index < -0.39 is 5.63 Å². The zero-order chi connectivity index (χ0) is 16.4. The highest BCUT2D eigenvalue weighted by Crippen LogP contribution is 2.33. The summed E-state index contributed by atoms with van der Waals surface area (Å²) in [6.45, 7) is 9.37. The molecular weight excluding hydrogens is 330 g/mol. The first-order valence-corrected chi connectivity index (χ1v) is 7.79. The minimum Gasteiger partial charge on any atom is -0.507 e. The first kappa shape index (κ1) is 18.5. The lowest BCUT2D eigenvalue weighted by molar-refractivity contribution is 0.0339. The monoisotopic (exact) mass is 351 g/mol. The Balaban J connectivity index is 0.00000208. The van der Waals surface area contributed by atoms with Crippen molar-refractivity contribution in [1.82, 2.24) is 4.90 Å². The summed E-state index contributed by atoms with van der Waals surface area (Å²) in [6, 6.07) is 3.40. The lowest BCUT2D eigenvalue weighted by atomic mass is 9.99. The number of phenolic OH excluding ortho intramolecular Hbond substituents is 1. The maximum Gasteiger partial charge on any atom is 0.336 e. The molecule has 0 radical (unpaired) electrons. The molecule has 1 aromatic carbocycles. The van der Waals surface area contributed by atoms with Gasteiger partial charge in [0.15, 0.2) is 0 Å². The molecule has 6 heteroatoms. The van der Waals surface area contributed by atoms with Gasteiger partial charge in [-0.2, -0.15) is 0 Å². The largest absolute Gasteiger partial charge is 0.507 e. The van der Waals surface area contributed by atoms with Crippen LogP contribution in [0.15, 0.2) is 34.0 Å². The predicted octanol–water partition coefficient (Wildman–Crippen LogP) is 2.79. The number of phenols is 1. The van der Waals surface area contributed by atoms with E-state index >= 15 is 0 Å². The number of rotatable bonds is 4. The molecular formula is C18H22ClNO4. The molecule has 24 heavy (non-hydrogen) atoms. The van der Waals surface area contributed by atoms with Crippen LogP contribution in [0.2, 0.25) is 0 Å². The number of fused-ring (bicyclic) bond motifs is 1. The van der Waals surface area contributed by atoms with E-state index in [1.165, 1.54) is 6.07 Å². The van der Waals surface area contributed by atoms with Crippen LogP contribution in [0.25, 0.3) is 11.0 Å². The zero-order valence-corrected chi connectivity index (χ0v) is 14.5. The van der Waals surface area contributed by atoms with Gasteiger partial charge in [-0.1, -0.05) is 6.08 Å². The average molecular weight is 352 g/mol. The molecule has 0 aliphatic carbocycles. The molecule has 1 aliphatic rings. The Morgan fingerprint density at radius 1 is 1.33 bits per heavy atom. The normalized spacial score (nSPS) is 15.2. The van der Waals surface area contributed by atoms with Gasteiger partial charge in [0.1, 0.15) is 11.3 Å². The van der Waals surface area contributed by atoms with Gasteiger partial charge in [-0.05, 0) is 25.0 Å². The Hall–Kier alpha value is -1.82. The Morgan fingerprint density at radius 3 is 2.71 bits per heavy atom. The van der Waals surface area contributed by atoms with Crippen molar-refractivity contribution in [3.05, 3.63) is 51.9 Å². The number of morpholine rings is 1. The van der Waals surface area contributed by atoms with Crippen LogP contribution in [-0.2, 0) is 17.7 Å². The summed E-state index contributed by atoms with van der Waals surface area (Å²) in [4.78, 5) is 13.9. The molecule has 0 amide bonds. The smallest absolute Gasteiger partial charge is 0.336 e. The fourth-order valence-electron chi connectivity index (χ4n) is 3.02. The standard InChI is InChI=1S/C18H21NO4.ClH/c1-3-4-14-17(21)13(11-19-5-7-22-8-6-19)10-15-12(2)9-16(20)23-18(14)15;/h3,9-10,21H,1,4-8,11H2,2H3;1H. The first-order chi connectivity index (χ1) is 11.1. The number of halogens is 1. The van der Waals surface area contributed by atoms with Gasteiger partial charge >= 0.3 is 5.63 Å². The number of hydrogen-bond donors (Lipinski definition) is 1. The van der Waals surface area contributed by atoms with Crippen LogP contribution < -0.4 is 5.63 Å². The third-order valence-corrected chi connectivity index (χ3v) is 4.24. The SMILES string of the molecule is C=CCc1c(O)c(CN2CCOCC2)cc2c(C)cc(=O)oc12.Cl. The average Bonchev–Trinajstić information content (AvgIpc) is 2.53. The van der Waals surface area contributed by atoms with Crippen molar-refractivity contribution in [3.8, 4) is 5.75 Å². The first-order valence-electron chi connectivity index (χ1n) is 7.79. The molecule has 1 aliphatic heterocycles. The third-order valence-electron chi connectivity index (χ3n) is 4.24. The molecule has 1 aromatic heterocycles. The van der Waals surface area contributed by atoms with Crippen LogP contribution in [0.1, 0.15) is 16.7 Å². The fourth-order valence-corrected chi connectivity index (χ4v) is 3.02. The van der Waals surface area contributed by atoms with E-state index in [1.54, 1.807) is 6.08 Å². The molecule has 3 rings (SSSR count). The van der Waals surface area contributed by atoms with Crippen LogP contribution in [0, 0.1) is 6.92 Å². The van der Waals surface area contributed by atoms with Gasteiger partial charge < -0.3 is 14.3 Å². The Labute approximate surface area is 146 Å². The van der Waals surface area contributed by atoms with E-state index in [0.717, 1.165) is 29.6 Å². The van der Waals surface area contributed by atoms with Gasteiger partial charge in [0.2, 0.25) is 0 Å². The van der Waals surface area contributed by atoms with Crippen LogP contribution in [0.3, 0.4) is 0 Å². The molecule has 1 fully saturated rings. The highest BCUT2D eigenvalue weighted by Gasteiger charge is 2.19. The number of benzene rings is 1. The van der Waals surface area contributed by atoms with E-state index in [-0.39, 0.29) is 18.2 Å². The predicted molar refractivity (Wildman–Crippen MR) is 96.1 cm³/mol. The topological polar surface area (TPSA) is 62.9 Å². The van der Waals surface area contributed by atoms with E-state index in [0.29, 0.717) is 37.3 Å². The molecule has 0 unspecified atom stereocenters. The maximum absolute atomic E-state index is 11.7. The zero-order valence-electron chi connectivity index (χ0n) is 13.7. The summed E-state index contributed by atoms with van der Waals surface area (Å²) < 4.78 is 10.7. The third kappa shape index (κ3) is 3.64. The van der Waals surface area contributed by atoms with Gasteiger partial charge in [0, 0.05) is 42.2 Å². The molecule has 2 aromatic rings. The van der Waals surface area contributed by atoms with E-state index in [1.807, 2.05) is 13.0 Å². The fraction of sp³-hybridized carbons (Fsp3) is 0.389. The van der Waals surface area contributed by atoms with Crippen LogP contribution in [0.4, 0.5) is 0 Å². The van der Waals surface area contributed by atoms with Gasteiger partial charge in [0.25, 0.3) is 0 Å². The van der Waals surface area contributed by atoms with Crippen molar-refractivity contribution >= 4 is 23.4 Å². The number of hydrogen-bond acceptors (Lipinski definition) is 5. The van der Waals surface area contributed by atoms with Crippen molar-refractivity contribution in [2.45, 2.75) is 19.9 Å². The molecule has 0 saturated carbocycles.